The van der Waals surface area contributed by atoms with Crippen LogP contribution in [0, 0.1) is 11.8 Å². The number of carbonyl (C=O) groups is 3. The van der Waals surface area contributed by atoms with Gasteiger partial charge in [-0.2, -0.15) is 0 Å². The largest absolute Gasteiger partial charge is 0.573 e. The van der Waals surface area contributed by atoms with Crippen LogP contribution in [0.2, 0.25) is 0 Å². The van der Waals surface area contributed by atoms with E-state index in [0.29, 0.717) is 11.1 Å². The van der Waals surface area contributed by atoms with Crippen LogP contribution in [0.3, 0.4) is 0 Å². The van der Waals surface area contributed by atoms with Crippen molar-refractivity contribution in [3.8, 4) is 5.75 Å². The van der Waals surface area contributed by atoms with Crippen molar-refractivity contribution >= 4 is 18.0 Å². The van der Waals surface area contributed by atoms with Gasteiger partial charge in [0.25, 0.3) is 0 Å². The summed E-state index contributed by atoms with van der Waals surface area (Å²) in [4.78, 5) is 40.6. The number of halogens is 3. The normalized spacial score (nSPS) is 14.2. The van der Waals surface area contributed by atoms with Crippen molar-refractivity contribution in [3.05, 3.63) is 65.7 Å². The van der Waals surface area contributed by atoms with Gasteiger partial charge in [-0.05, 0) is 62.8 Å². The predicted octanol–water partition coefficient (Wildman–Crippen LogP) is 4.89. The molecule has 1 amide bonds. The van der Waals surface area contributed by atoms with Crippen LogP contribution in [0.25, 0.3) is 0 Å². The van der Waals surface area contributed by atoms with Crippen LogP contribution >= 0.6 is 0 Å². The lowest BCUT2D eigenvalue weighted by molar-refractivity contribution is -0.322. The Bertz CT molecular complexity index is 1140. The van der Waals surface area contributed by atoms with Gasteiger partial charge in [0.2, 0.25) is 0 Å². The zero-order valence-corrected chi connectivity index (χ0v) is 23.4. The summed E-state index contributed by atoms with van der Waals surface area (Å²) in [5.74, 6) is -4.98. The Labute approximate surface area is 232 Å². The highest BCUT2D eigenvalue weighted by molar-refractivity contribution is 5.90. The molecule has 220 valence electrons. The third-order valence-corrected chi connectivity index (χ3v) is 6.02. The molecule has 0 bridgehead atoms. The molecule has 0 aliphatic heterocycles. The molecule has 2 aromatic carbocycles. The van der Waals surface area contributed by atoms with Crippen LogP contribution in [0.4, 0.5) is 18.0 Å². The van der Waals surface area contributed by atoms with Crippen LogP contribution in [0.15, 0.2) is 54.6 Å². The molecule has 2 rings (SSSR count). The molecule has 0 aliphatic rings. The van der Waals surface area contributed by atoms with Crippen molar-refractivity contribution in [1.29, 1.82) is 0 Å². The lowest BCUT2D eigenvalue weighted by Gasteiger charge is -2.47. The van der Waals surface area contributed by atoms with E-state index < -0.39 is 47.2 Å². The monoisotopic (exact) mass is 566 g/mol. The molecule has 0 N–H and O–H groups in total. The van der Waals surface area contributed by atoms with Crippen molar-refractivity contribution in [1.82, 2.24) is 4.90 Å². The molecule has 0 unspecified atom stereocenters. The van der Waals surface area contributed by atoms with Gasteiger partial charge in [-0.25, -0.2) is 4.79 Å². The zero-order valence-electron chi connectivity index (χ0n) is 23.4. The maximum atomic E-state index is 13.7. The molecule has 8 nitrogen and oxygen atoms in total. The first-order valence-corrected chi connectivity index (χ1v) is 12.7. The zero-order chi connectivity index (χ0) is 30.3. The number of hydrogen-bond acceptors (Lipinski definition) is 7. The number of aliphatic carboxylic acids is 1. The Morgan fingerprint density at radius 1 is 0.925 bits per heavy atom. The van der Waals surface area contributed by atoms with Crippen LogP contribution in [-0.4, -0.2) is 47.5 Å². The molecule has 0 spiro atoms. The Morgan fingerprint density at radius 2 is 1.50 bits per heavy atom. The van der Waals surface area contributed by atoms with Gasteiger partial charge in [0.15, 0.2) is 0 Å². The molecule has 0 saturated heterocycles. The maximum Gasteiger partial charge on any atom is 0.573 e. The summed E-state index contributed by atoms with van der Waals surface area (Å²) >= 11 is 0. The van der Waals surface area contributed by atoms with Gasteiger partial charge in [-0.1, -0.05) is 56.3 Å². The van der Waals surface area contributed by atoms with E-state index in [0.717, 1.165) is 17.0 Å². The molecule has 0 heterocycles. The summed E-state index contributed by atoms with van der Waals surface area (Å²) in [5.41, 5.74) is -2.25. The first kappa shape index (κ1) is 32.5. The SMILES string of the molecule is CC(C)C[C@@](C(=O)[O-])([C@@H](Cc1ccc(OC(F)(F)F)cc1)C(=O)OCc1ccccc1)N(C)C(=O)OC(C)(C)C. The van der Waals surface area contributed by atoms with E-state index >= 15 is 0 Å². The molecule has 0 aliphatic carbocycles. The second-order valence-corrected chi connectivity index (χ2v) is 10.9. The number of alkyl halides is 3. The first-order chi connectivity index (χ1) is 18.4. The molecule has 11 heteroatoms. The van der Waals surface area contributed by atoms with Gasteiger partial charge in [-0.3, -0.25) is 9.69 Å². The number of likely N-dealkylation sites (N-methyl/N-ethyl adjacent to an activating group) is 1. The van der Waals surface area contributed by atoms with Crippen LogP contribution in [-0.2, 0) is 32.1 Å². The molecule has 2 atom stereocenters. The quantitative estimate of drug-likeness (QED) is 0.357. The molecular weight excluding hydrogens is 531 g/mol. The topological polar surface area (TPSA) is 105 Å². The second kappa shape index (κ2) is 13.1. The number of amides is 1. The number of hydrogen-bond donors (Lipinski definition) is 0. The first-order valence-electron chi connectivity index (χ1n) is 12.7. The fourth-order valence-electron chi connectivity index (χ4n) is 4.33. The molecule has 0 radical (unpaired) electrons. The molecule has 2 aromatic rings. The molecular formula is C29H35F3NO7-. The average molecular weight is 567 g/mol. The number of esters is 1. The van der Waals surface area contributed by atoms with Gasteiger partial charge in [0.05, 0.1) is 17.4 Å². The van der Waals surface area contributed by atoms with Gasteiger partial charge in [-0.15, -0.1) is 13.2 Å². The fourth-order valence-corrected chi connectivity index (χ4v) is 4.33. The number of carboxylic acids is 1. The molecule has 0 saturated carbocycles. The standard InChI is InChI=1S/C29H36F3NO7/c1-19(2)17-28(25(35)36,33(6)26(37)40-27(3,4)5)23(24(34)38-18-21-10-8-7-9-11-21)16-20-12-14-22(15-13-20)39-29(30,31)32/h7-15,19,23H,16-18H2,1-6H3,(H,35,36)/p-1/t23-,28-/m0/s1. The highest BCUT2D eigenvalue weighted by atomic mass is 19.4. The Balaban J connectivity index is 2.58. The number of rotatable bonds is 11. The van der Waals surface area contributed by atoms with Crippen molar-refractivity contribution < 1.29 is 46.9 Å². The fraction of sp³-hybridized carbons (Fsp3) is 0.483. The second-order valence-electron chi connectivity index (χ2n) is 10.9. The van der Waals surface area contributed by atoms with E-state index in [1.807, 2.05) is 0 Å². The minimum Gasteiger partial charge on any atom is -0.548 e. The summed E-state index contributed by atoms with van der Waals surface area (Å²) < 4.78 is 52.8. The Kier molecular flexibility index (Phi) is 10.6. The minimum atomic E-state index is -4.90. The van der Waals surface area contributed by atoms with E-state index in [9.17, 15) is 32.7 Å². The summed E-state index contributed by atoms with van der Waals surface area (Å²) in [6, 6.07) is 13.4. The van der Waals surface area contributed by atoms with Gasteiger partial charge < -0.3 is 24.1 Å². The predicted molar refractivity (Wildman–Crippen MR) is 138 cm³/mol. The third kappa shape index (κ3) is 9.17. The van der Waals surface area contributed by atoms with Crippen molar-refractivity contribution in [3.63, 3.8) is 0 Å². The van der Waals surface area contributed by atoms with Gasteiger partial charge in [0, 0.05) is 7.05 Å². The van der Waals surface area contributed by atoms with Crippen molar-refractivity contribution in [2.45, 2.75) is 71.6 Å². The Morgan fingerprint density at radius 3 is 1.98 bits per heavy atom. The Hall–Kier alpha value is -3.76. The minimum absolute atomic E-state index is 0.171. The summed E-state index contributed by atoms with van der Waals surface area (Å²) in [6.45, 7) is 8.09. The van der Waals surface area contributed by atoms with Crippen LogP contribution in [0.5, 0.6) is 5.75 Å². The smallest absolute Gasteiger partial charge is 0.548 e. The molecule has 0 fully saturated rings. The van der Waals surface area contributed by atoms with Crippen molar-refractivity contribution in [2.75, 3.05) is 7.05 Å². The van der Waals surface area contributed by atoms with Gasteiger partial charge >= 0.3 is 18.4 Å². The van der Waals surface area contributed by atoms with Gasteiger partial charge in [0.1, 0.15) is 18.0 Å². The van der Waals surface area contributed by atoms with E-state index in [1.54, 1.807) is 65.0 Å². The molecule has 0 aromatic heterocycles. The van der Waals surface area contributed by atoms with Crippen LogP contribution < -0.4 is 9.84 Å². The number of benzene rings is 2. The average Bonchev–Trinajstić information content (AvgIpc) is 2.83. The lowest BCUT2D eigenvalue weighted by atomic mass is 9.73. The number of nitrogens with zero attached hydrogens (tertiary/aromatic N) is 1. The summed E-state index contributed by atoms with van der Waals surface area (Å²) in [7, 11) is 1.21. The maximum absolute atomic E-state index is 13.7. The highest BCUT2D eigenvalue weighted by Crippen LogP contribution is 2.36. The number of carboxylic acid groups (broad SMARTS) is 1. The molecule has 40 heavy (non-hydrogen) atoms. The third-order valence-electron chi connectivity index (χ3n) is 6.02. The lowest BCUT2D eigenvalue weighted by Crippen LogP contribution is -2.67. The summed E-state index contributed by atoms with van der Waals surface area (Å²) in [6.07, 6.45) is -6.39. The van der Waals surface area contributed by atoms with E-state index in [1.165, 1.54) is 19.2 Å². The van der Waals surface area contributed by atoms with Crippen molar-refractivity contribution in [2.24, 2.45) is 11.8 Å². The highest BCUT2D eigenvalue weighted by Gasteiger charge is 2.51. The van der Waals surface area contributed by atoms with Crippen LogP contribution in [0.1, 0.15) is 52.2 Å². The number of carbonyl (C=O) groups excluding carboxylic acids is 3. The van der Waals surface area contributed by atoms with E-state index in [2.05, 4.69) is 4.74 Å². The number of ether oxygens (including phenoxy) is 3. The van der Waals surface area contributed by atoms with E-state index in [-0.39, 0.29) is 25.4 Å². The summed E-state index contributed by atoms with van der Waals surface area (Å²) in [5, 5.41) is 13.0. The van der Waals surface area contributed by atoms with E-state index in [4.69, 9.17) is 9.47 Å².